The number of nitrogens with one attached hydrogen (secondary N) is 1. The molecular weight excluding hydrogens is 390 g/mol. The van der Waals surface area contributed by atoms with Gasteiger partial charge in [0, 0.05) is 36.6 Å². The molecule has 3 aromatic carbocycles. The Morgan fingerprint density at radius 2 is 1.58 bits per heavy atom. The van der Waals surface area contributed by atoms with E-state index >= 15 is 0 Å². The van der Waals surface area contributed by atoms with Crippen LogP contribution in [0.2, 0.25) is 0 Å². The van der Waals surface area contributed by atoms with Crippen molar-refractivity contribution in [1.29, 1.82) is 0 Å². The highest BCUT2D eigenvalue weighted by molar-refractivity contribution is 6.06. The summed E-state index contributed by atoms with van der Waals surface area (Å²) in [6, 6.07) is 24.5. The minimum absolute atomic E-state index is 0.229. The summed E-state index contributed by atoms with van der Waals surface area (Å²) in [6.07, 6.45) is 0. The van der Waals surface area contributed by atoms with E-state index in [4.69, 9.17) is 9.15 Å². The molecule has 0 radical (unpaired) electrons. The summed E-state index contributed by atoms with van der Waals surface area (Å²) in [5, 5.41) is 2.89. The topological polar surface area (TPSA) is 67.6 Å². The number of hydrogen-bond acceptors (Lipinski definition) is 5. The van der Waals surface area contributed by atoms with Crippen LogP contribution in [0.15, 0.2) is 83.3 Å². The maximum atomic E-state index is 13.1. The predicted molar refractivity (Wildman–Crippen MR) is 123 cm³/mol. The van der Waals surface area contributed by atoms with Crippen LogP contribution in [0.5, 0.6) is 5.75 Å². The summed E-state index contributed by atoms with van der Waals surface area (Å²) in [5.41, 5.74) is 3.50. The number of aromatic nitrogens is 1. The molecule has 0 aliphatic heterocycles. The van der Waals surface area contributed by atoms with Gasteiger partial charge in [0.15, 0.2) is 11.5 Å². The number of hydrogen-bond donors (Lipinski definition) is 1. The molecule has 0 spiro atoms. The molecule has 1 heterocycles. The van der Waals surface area contributed by atoms with E-state index in [1.807, 2.05) is 73.6 Å². The largest absolute Gasteiger partial charge is 0.497 e. The lowest BCUT2D eigenvalue weighted by atomic mass is 10.1. The molecule has 1 aromatic heterocycles. The summed E-state index contributed by atoms with van der Waals surface area (Å²) in [5.74, 6) is 1.19. The zero-order chi connectivity index (χ0) is 21.8. The van der Waals surface area contributed by atoms with Gasteiger partial charge in [-0.1, -0.05) is 18.2 Å². The SMILES string of the molecule is COc1ccc(NC(=O)c2nc(-c3ccccc3)oc2-c2ccc(N(C)C)cc2)cc1. The Balaban J connectivity index is 1.72. The van der Waals surface area contributed by atoms with Crippen LogP contribution in [-0.2, 0) is 0 Å². The molecule has 0 fully saturated rings. The molecule has 0 unspecified atom stereocenters. The van der Waals surface area contributed by atoms with E-state index in [-0.39, 0.29) is 11.6 Å². The third kappa shape index (κ3) is 4.43. The van der Waals surface area contributed by atoms with Crippen LogP contribution < -0.4 is 15.0 Å². The Morgan fingerprint density at radius 1 is 0.903 bits per heavy atom. The first kappa shape index (κ1) is 20.2. The van der Waals surface area contributed by atoms with Crippen LogP contribution in [0.25, 0.3) is 22.8 Å². The predicted octanol–water partition coefficient (Wildman–Crippen LogP) is 5.34. The van der Waals surface area contributed by atoms with Crippen molar-refractivity contribution in [3.63, 3.8) is 0 Å². The van der Waals surface area contributed by atoms with Gasteiger partial charge in [-0.25, -0.2) is 4.98 Å². The Labute approximate surface area is 181 Å². The normalized spacial score (nSPS) is 10.5. The first-order valence-electron chi connectivity index (χ1n) is 9.84. The lowest BCUT2D eigenvalue weighted by Gasteiger charge is -2.12. The van der Waals surface area contributed by atoms with Crippen molar-refractivity contribution in [3.05, 3.63) is 84.6 Å². The lowest BCUT2D eigenvalue weighted by molar-refractivity contribution is 0.102. The van der Waals surface area contributed by atoms with E-state index < -0.39 is 0 Å². The van der Waals surface area contributed by atoms with Gasteiger partial charge in [-0.05, 0) is 60.7 Å². The molecule has 0 bridgehead atoms. The van der Waals surface area contributed by atoms with Crippen molar-refractivity contribution >= 4 is 17.3 Å². The van der Waals surface area contributed by atoms with Gasteiger partial charge in [0.1, 0.15) is 5.75 Å². The van der Waals surface area contributed by atoms with Gasteiger partial charge in [0.2, 0.25) is 5.89 Å². The maximum absolute atomic E-state index is 13.1. The number of rotatable bonds is 6. The highest BCUT2D eigenvalue weighted by atomic mass is 16.5. The number of carbonyl (C=O) groups is 1. The molecular formula is C25H23N3O3. The summed E-state index contributed by atoms with van der Waals surface area (Å²) < 4.78 is 11.2. The Kier molecular flexibility index (Phi) is 5.71. The second kappa shape index (κ2) is 8.75. The molecule has 1 amide bonds. The number of anilines is 2. The average molecular weight is 413 g/mol. The Morgan fingerprint density at radius 3 is 2.19 bits per heavy atom. The standard InChI is InChI=1S/C25H23N3O3/c1-28(2)20-13-9-17(10-14-20)23-22(27-25(31-23)18-7-5-4-6-8-18)24(29)26-19-11-15-21(30-3)16-12-19/h4-16H,1-3H3,(H,26,29). The summed E-state index contributed by atoms with van der Waals surface area (Å²) in [4.78, 5) is 19.7. The third-order valence-electron chi connectivity index (χ3n) is 4.86. The van der Waals surface area contributed by atoms with Crippen molar-refractivity contribution in [2.75, 3.05) is 31.4 Å². The highest BCUT2D eigenvalue weighted by Crippen LogP contribution is 2.31. The van der Waals surface area contributed by atoms with Crippen LogP contribution in [-0.4, -0.2) is 32.1 Å². The molecule has 0 atom stereocenters. The van der Waals surface area contributed by atoms with Crippen LogP contribution >= 0.6 is 0 Å². The molecule has 4 aromatic rings. The number of ether oxygens (including phenoxy) is 1. The van der Waals surface area contributed by atoms with Gasteiger partial charge >= 0.3 is 0 Å². The van der Waals surface area contributed by atoms with Crippen molar-refractivity contribution in [2.24, 2.45) is 0 Å². The molecule has 156 valence electrons. The first-order valence-corrected chi connectivity index (χ1v) is 9.84. The summed E-state index contributed by atoms with van der Waals surface area (Å²) in [6.45, 7) is 0. The number of methoxy groups -OCH3 is 1. The summed E-state index contributed by atoms with van der Waals surface area (Å²) >= 11 is 0. The lowest BCUT2D eigenvalue weighted by Crippen LogP contribution is -2.13. The molecule has 6 nitrogen and oxygen atoms in total. The van der Waals surface area contributed by atoms with Gasteiger partial charge in [-0.15, -0.1) is 0 Å². The second-order valence-electron chi connectivity index (χ2n) is 7.19. The fourth-order valence-electron chi connectivity index (χ4n) is 3.15. The molecule has 0 aliphatic rings. The second-order valence-corrected chi connectivity index (χ2v) is 7.19. The maximum Gasteiger partial charge on any atom is 0.278 e. The van der Waals surface area contributed by atoms with Crippen LogP contribution in [0.1, 0.15) is 10.5 Å². The van der Waals surface area contributed by atoms with Crippen LogP contribution in [0.3, 0.4) is 0 Å². The summed E-state index contributed by atoms with van der Waals surface area (Å²) in [7, 11) is 5.55. The third-order valence-corrected chi connectivity index (χ3v) is 4.86. The van der Waals surface area contributed by atoms with Gasteiger partial charge in [-0.2, -0.15) is 0 Å². The first-order chi connectivity index (χ1) is 15.0. The van der Waals surface area contributed by atoms with Gasteiger partial charge in [0.25, 0.3) is 5.91 Å². The van der Waals surface area contributed by atoms with Crippen LogP contribution in [0, 0.1) is 0 Å². The monoisotopic (exact) mass is 413 g/mol. The number of oxazole rings is 1. The number of carbonyl (C=O) groups excluding carboxylic acids is 1. The molecule has 0 aliphatic carbocycles. The Hall–Kier alpha value is -4.06. The number of amides is 1. The van der Waals surface area contributed by atoms with E-state index in [0.29, 0.717) is 23.1 Å². The van der Waals surface area contributed by atoms with Crippen molar-refractivity contribution in [2.45, 2.75) is 0 Å². The minimum atomic E-state index is -0.345. The van der Waals surface area contributed by atoms with E-state index in [1.54, 1.807) is 31.4 Å². The quantitative estimate of drug-likeness (QED) is 0.462. The van der Waals surface area contributed by atoms with E-state index in [0.717, 1.165) is 16.8 Å². The zero-order valence-electron chi connectivity index (χ0n) is 17.6. The van der Waals surface area contributed by atoms with Crippen molar-refractivity contribution in [3.8, 4) is 28.5 Å². The average Bonchev–Trinajstić information content (AvgIpc) is 3.26. The van der Waals surface area contributed by atoms with E-state index in [2.05, 4.69) is 10.3 Å². The molecule has 1 N–H and O–H groups in total. The molecule has 6 heteroatoms. The smallest absolute Gasteiger partial charge is 0.278 e. The number of benzene rings is 3. The van der Waals surface area contributed by atoms with E-state index in [1.165, 1.54) is 0 Å². The molecule has 31 heavy (non-hydrogen) atoms. The number of nitrogens with zero attached hydrogens (tertiary/aromatic N) is 2. The molecule has 4 rings (SSSR count). The van der Waals surface area contributed by atoms with E-state index in [9.17, 15) is 4.79 Å². The zero-order valence-corrected chi connectivity index (χ0v) is 17.6. The van der Waals surface area contributed by atoms with Crippen LogP contribution in [0.4, 0.5) is 11.4 Å². The fourth-order valence-corrected chi connectivity index (χ4v) is 3.15. The van der Waals surface area contributed by atoms with Gasteiger partial charge in [0.05, 0.1) is 7.11 Å². The van der Waals surface area contributed by atoms with Gasteiger partial charge < -0.3 is 19.4 Å². The van der Waals surface area contributed by atoms with Crippen molar-refractivity contribution < 1.29 is 13.9 Å². The Bertz CT molecular complexity index is 1170. The molecule has 0 saturated carbocycles. The van der Waals surface area contributed by atoms with Crippen molar-refractivity contribution in [1.82, 2.24) is 4.98 Å². The van der Waals surface area contributed by atoms with Gasteiger partial charge in [-0.3, -0.25) is 4.79 Å². The molecule has 0 saturated heterocycles. The highest BCUT2D eigenvalue weighted by Gasteiger charge is 2.22. The minimum Gasteiger partial charge on any atom is -0.497 e. The fraction of sp³-hybridized carbons (Fsp3) is 0.120.